The molecular formula is C33H40N4O4. The third-order valence-electron chi connectivity index (χ3n) is 7.27. The maximum atomic E-state index is 14.0. The maximum Gasteiger partial charge on any atom is 0.248 e. The van der Waals surface area contributed by atoms with Crippen molar-refractivity contribution in [3.63, 3.8) is 0 Å². The van der Waals surface area contributed by atoms with Crippen molar-refractivity contribution in [1.82, 2.24) is 10.3 Å². The smallest absolute Gasteiger partial charge is 0.248 e. The van der Waals surface area contributed by atoms with Crippen molar-refractivity contribution in [2.24, 2.45) is 0 Å². The first-order chi connectivity index (χ1) is 19.9. The van der Waals surface area contributed by atoms with Crippen LogP contribution in [0.2, 0.25) is 0 Å². The minimum Gasteiger partial charge on any atom is -0.494 e. The Morgan fingerprint density at radius 1 is 0.951 bits per heavy atom. The first-order valence-electron chi connectivity index (χ1n) is 14.6. The van der Waals surface area contributed by atoms with Crippen molar-refractivity contribution in [3.8, 4) is 5.75 Å². The molecule has 41 heavy (non-hydrogen) atoms. The van der Waals surface area contributed by atoms with Gasteiger partial charge >= 0.3 is 0 Å². The molecule has 0 aliphatic heterocycles. The Kier molecular flexibility index (Phi) is 10.9. The van der Waals surface area contributed by atoms with E-state index in [4.69, 9.17) is 4.74 Å². The number of amides is 3. The number of benzene rings is 2. The van der Waals surface area contributed by atoms with E-state index in [1.807, 2.05) is 62.4 Å². The lowest BCUT2D eigenvalue weighted by Gasteiger charge is -2.33. The fourth-order valence-electron chi connectivity index (χ4n) is 5.16. The molecule has 1 aromatic heterocycles. The lowest BCUT2D eigenvalue weighted by molar-refractivity contribution is -0.127. The van der Waals surface area contributed by atoms with Gasteiger partial charge in [0.2, 0.25) is 17.7 Å². The van der Waals surface area contributed by atoms with Crippen molar-refractivity contribution in [3.05, 3.63) is 84.1 Å². The second-order valence-corrected chi connectivity index (χ2v) is 10.5. The van der Waals surface area contributed by atoms with E-state index in [0.717, 1.165) is 36.8 Å². The monoisotopic (exact) mass is 556 g/mol. The molecule has 0 radical (unpaired) electrons. The minimum atomic E-state index is -0.856. The Morgan fingerprint density at radius 3 is 2.34 bits per heavy atom. The van der Waals surface area contributed by atoms with Crippen LogP contribution < -0.4 is 20.3 Å². The zero-order valence-corrected chi connectivity index (χ0v) is 24.0. The Hall–Kier alpha value is -4.20. The van der Waals surface area contributed by atoms with Crippen LogP contribution in [0, 0.1) is 6.92 Å². The van der Waals surface area contributed by atoms with Crippen LogP contribution in [0.25, 0.3) is 0 Å². The van der Waals surface area contributed by atoms with Gasteiger partial charge in [0.25, 0.3) is 0 Å². The van der Waals surface area contributed by atoms with Crippen molar-refractivity contribution < 1.29 is 19.1 Å². The van der Waals surface area contributed by atoms with Gasteiger partial charge in [-0.3, -0.25) is 19.3 Å². The van der Waals surface area contributed by atoms with Gasteiger partial charge in [0.1, 0.15) is 17.6 Å². The van der Waals surface area contributed by atoms with Crippen LogP contribution in [0.15, 0.2) is 72.9 Å². The molecule has 1 unspecified atom stereocenters. The predicted octanol–water partition coefficient (Wildman–Crippen LogP) is 6.12. The van der Waals surface area contributed by atoms with E-state index in [2.05, 4.69) is 15.6 Å². The second-order valence-electron chi connectivity index (χ2n) is 10.5. The first-order valence-corrected chi connectivity index (χ1v) is 14.6. The van der Waals surface area contributed by atoms with Crippen molar-refractivity contribution in [2.45, 2.75) is 77.3 Å². The number of rotatable bonds is 12. The molecule has 0 spiro atoms. The van der Waals surface area contributed by atoms with Crippen LogP contribution >= 0.6 is 0 Å². The molecule has 1 fully saturated rings. The molecule has 2 N–H and O–H groups in total. The topological polar surface area (TPSA) is 101 Å². The van der Waals surface area contributed by atoms with E-state index < -0.39 is 6.04 Å². The quantitative estimate of drug-likeness (QED) is 0.280. The summed E-state index contributed by atoms with van der Waals surface area (Å²) in [5.41, 5.74) is 2.40. The van der Waals surface area contributed by atoms with Gasteiger partial charge in [-0.1, -0.05) is 55.2 Å². The van der Waals surface area contributed by atoms with E-state index in [-0.39, 0.29) is 36.6 Å². The molecule has 2 aromatic carbocycles. The molecule has 8 heteroatoms. The van der Waals surface area contributed by atoms with Crippen molar-refractivity contribution in [2.75, 3.05) is 16.8 Å². The van der Waals surface area contributed by atoms with Crippen molar-refractivity contribution >= 4 is 29.2 Å². The lowest BCUT2D eigenvalue weighted by atomic mass is 9.94. The number of nitrogens with zero attached hydrogens (tertiary/aromatic N) is 2. The normalized spacial score (nSPS) is 14.1. The largest absolute Gasteiger partial charge is 0.494 e. The number of aromatic nitrogens is 1. The summed E-state index contributed by atoms with van der Waals surface area (Å²) in [4.78, 5) is 46.1. The number of carbonyl (C=O) groups excluding carboxylic acids is 3. The molecule has 216 valence electrons. The summed E-state index contributed by atoms with van der Waals surface area (Å²) in [6.45, 7) is 4.43. The highest BCUT2D eigenvalue weighted by molar-refractivity contribution is 6.01. The Morgan fingerprint density at radius 2 is 1.68 bits per heavy atom. The summed E-state index contributed by atoms with van der Waals surface area (Å²) in [7, 11) is 0. The second kappa shape index (κ2) is 15.0. The summed E-state index contributed by atoms with van der Waals surface area (Å²) in [6.07, 6.45) is 7.42. The highest BCUT2D eigenvalue weighted by Crippen LogP contribution is 2.31. The summed E-state index contributed by atoms with van der Waals surface area (Å²) in [6, 6.07) is 19.5. The van der Waals surface area contributed by atoms with Gasteiger partial charge in [-0.05, 0) is 75.1 Å². The number of nitrogens with one attached hydrogen (secondary N) is 2. The Labute approximate surface area is 242 Å². The molecule has 3 aromatic rings. The van der Waals surface area contributed by atoms with Crippen LogP contribution in [0.4, 0.5) is 11.5 Å². The van der Waals surface area contributed by atoms with E-state index in [1.165, 1.54) is 6.42 Å². The standard InChI is InChI=1S/C33H40N4O4/c1-3-41-28-21-19-27(20-22-28)37(31(39)14-9-13-30(38)36-29-12-7-8-23-34-29)32(25-17-15-24(2)16-18-25)33(40)35-26-10-5-4-6-11-26/h7-8,12,15-23,26,32H,3-6,9-11,13-14H2,1-2H3,(H,35,40)(H,34,36,38). The number of hydrogen-bond acceptors (Lipinski definition) is 5. The Bertz CT molecular complexity index is 1270. The van der Waals surface area contributed by atoms with E-state index in [0.29, 0.717) is 30.3 Å². The third kappa shape index (κ3) is 8.64. The molecule has 8 nitrogen and oxygen atoms in total. The maximum absolute atomic E-state index is 14.0. The molecule has 3 amide bonds. The first kappa shape index (κ1) is 29.8. The molecule has 1 atom stereocenters. The molecule has 4 rings (SSSR count). The van der Waals surface area contributed by atoms with Gasteiger partial charge in [0.05, 0.1) is 6.61 Å². The summed E-state index contributed by atoms with van der Waals surface area (Å²) >= 11 is 0. The number of hydrogen-bond donors (Lipinski definition) is 2. The lowest BCUT2D eigenvalue weighted by Crippen LogP contribution is -2.47. The molecule has 1 saturated carbocycles. The number of carbonyl (C=O) groups is 3. The number of ether oxygens (including phenoxy) is 1. The average Bonchev–Trinajstić information content (AvgIpc) is 2.98. The van der Waals surface area contributed by atoms with Gasteiger partial charge in [-0.15, -0.1) is 0 Å². The number of aryl methyl sites for hydroxylation is 1. The molecule has 0 bridgehead atoms. The molecule has 1 aliphatic rings. The van der Waals surface area contributed by atoms with Gasteiger partial charge in [-0.2, -0.15) is 0 Å². The summed E-state index contributed by atoms with van der Waals surface area (Å²) in [5, 5.41) is 6.00. The highest BCUT2D eigenvalue weighted by atomic mass is 16.5. The molecule has 1 heterocycles. The molecular weight excluding hydrogens is 516 g/mol. The van der Waals surface area contributed by atoms with Gasteiger partial charge in [-0.25, -0.2) is 4.98 Å². The molecule has 0 saturated heterocycles. The summed E-state index contributed by atoms with van der Waals surface area (Å²) < 4.78 is 5.62. The fraction of sp³-hybridized carbons (Fsp3) is 0.394. The highest BCUT2D eigenvalue weighted by Gasteiger charge is 2.34. The SMILES string of the molecule is CCOc1ccc(N(C(=O)CCCC(=O)Nc2ccccn2)C(C(=O)NC2CCCCC2)c2ccc(C)cc2)cc1. The average molecular weight is 557 g/mol. The zero-order valence-electron chi connectivity index (χ0n) is 24.0. The Balaban J connectivity index is 1.58. The van der Waals surface area contributed by atoms with Gasteiger partial charge in [0.15, 0.2) is 0 Å². The number of anilines is 2. The van der Waals surface area contributed by atoms with Gasteiger partial charge < -0.3 is 15.4 Å². The van der Waals surface area contributed by atoms with Gasteiger partial charge in [0, 0.05) is 30.8 Å². The van der Waals surface area contributed by atoms with E-state index in [1.54, 1.807) is 29.3 Å². The predicted molar refractivity (Wildman–Crippen MR) is 161 cm³/mol. The zero-order chi connectivity index (χ0) is 29.0. The number of pyridine rings is 1. The van der Waals surface area contributed by atoms with E-state index >= 15 is 0 Å². The van der Waals surface area contributed by atoms with Crippen LogP contribution in [0.5, 0.6) is 5.75 Å². The molecule has 1 aliphatic carbocycles. The van der Waals surface area contributed by atoms with Crippen LogP contribution in [0.1, 0.15) is 75.5 Å². The summed E-state index contributed by atoms with van der Waals surface area (Å²) in [5.74, 6) is 0.515. The van der Waals surface area contributed by atoms with Crippen LogP contribution in [-0.2, 0) is 14.4 Å². The van der Waals surface area contributed by atoms with E-state index in [9.17, 15) is 14.4 Å². The fourth-order valence-corrected chi connectivity index (χ4v) is 5.16. The minimum absolute atomic E-state index is 0.0942. The van der Waals surface area contributed by atoms with Crippen LogP contribution in [-0.4, -0.2) is 35.4 Å². The van der Waals surface area contributed by atoms with Crippen LogP contribution in [0.3, 0.4) is 0 Å². The third-order valence-corrected chi connectivity index (χ3v) is 7.27. The van der Waals surface area contributed by atoms with Crippen molar-refractivity contribution in [1.29, 1.82) is 0 Å².